The fourth-order valence-corrected chi connectivity index (χ4v) is 2.17. The summed E-state index contributed by atoms with van der Waals surface area (Å²) in [4.78, 5) is 40.5. The molecule has 0 saturated carbocycles. The van der Waals surface area contributed by atoms with E-state index >= 15 is 0 Å². The number of pyridine rings is 1. The van der Waals surface area contributed by atoms with E-state index in [1.165, 1.54) is 0 Å². The molecule has 1 aromatic carbocycles. The number of aliphatic carboxylic acids is 1. The summed E-state index contributed by atoms with van der Waals surface area (Å²) in [5.41, 5.74) is -0.629. The molecule has 1 amide bonds. The zero-order chi connectivity index (χ0) is 18.6. The number of carbonyl (C=O) groups excluding carboxylic acids is 2. The van der Waals surface area contributed by atoms with E-state index in [2.05, 4.69) is 4.98 Å². The number of fused-ring (bicyclic) bond motifs is 1. The molecule has 0 atom stereocenters. The normalized spacial score (nSPS) is 11.2. The molecular weight excluding hydrogens is 324 g/mol. The summed E-state index contributed by atoms with van der Waals surface area (Å²) in [5.74, 6) is -1.69. The van der Waals surface area contributed by atoms with Crippen LogP contribution in [-0.4, -0.2) is 51.5 Å². The number of rotatable bonds is 5. The van der Waals surface area contributed by atoms with Gasteiger partial charge in [0.05, 0.1) is 6.54 Å². The number of ether oxygens (including phenoxy) is 1. The van der Waals surface area contributed by atoms with E-state index < -0.39 is 36.5 Å². The van der Waals surface area contributed by atoms with Crippen molar-refractivity contribution in [1.82, 2.24) is 9.88 Å². The van der Waals surface area contributed by atoms with E-state index in [1.54, 1.807) is 33.0 Å². The van der Waals surface area contributed by atoms with Gasteiger partial charge in [0.2, 0.25) is 5.78 Å². The summed E-state index contributed by atoms with van der Waals surface area (Å²) < 4.78 is 5.16. The second-order valence-corrected chi connectivity index (χ2v) is 6.57. The van der Waals surface area contributed by atoms with Crippen molar-refractivity contribution in [2.75, 3.05) is 13.1 Å². The Morgan fingerprint density at radius 3 is 2.36 bits per heavy atom. The summed E-state index contributed by atoms with van der Waals surface area (Å²) in [7, 11) is 0. The number of hydrogen-bond donors (Lipinski definition) is 1. The van der Waals surface area contributed by atoms with Gasteiger partial charge in [-0.3, -0.25) is 19.5 Å². The molecule has 0 aliphatic carbocycles. The molecule has 25 heavy (non-hydrogen) atoms. The van der Waals surface area contributed by atoms with Crippen molar-refractivity contribution < 1.29 is 24.2 Å². The van der Waals surface area contributed by atoms with Gasteiger partial charge in [-0.15, -0.1) is 0 Å². The molecule has 7 heteroatoms. The maximum atomic E-state index is 12.4. The smallest absolute Gasteiger partial charge is 0.411 e. The van der Waals surface area contributed by atoms with Crippen molar-refractivity contribution in [2.45, 2.75) is 26.4 Å². The van der Waals surface area contributed by atoms with Gasteiger partial charge in [-0.25, -0.2) is 4.79 Å². The first-order valence-electron chi connectivity index (χ1n) is 7.73. The fraction of sp³-hybridized carbons (Fsp3) is 0.333. The SMILES string of the molecule is CC(C)(C)OC(=O)N(CC(=O)O)CC(=O)c1cc2ccccc2cn1. The average Bonchev–Trinajstić information content (AvgIpc) is 2.51. The Morgan fingerprint density at radius 1 is 1.12 bits per heavy atom. The predicted octanol–water partition coefficient (Wildman–Crippen LogP) is 2.74. The number of ketones is 1. The summed E-state index contributed by atoms with van der Waals surface area (Å²) in [5, 5.41) is 10.7. The molecule has 132 valence electrons. The highest BCUT2D eigenvalue weighted by atomic mass is 16.6. The van der Waals surface area contributed by atoms with Crippen LogP contribution in [0.5, 0.6) is 0 Å². The Bertz CT molecular complexity index is 810. The van der Waals surface area contributed by atoms with Gasteiger partial charge in [-0.05, 0) is 32.2 Å². The molecule has 0 fully saturated rings. The van der Waals surface area contributed by atoms with Crippen LogP contribution in [0.15, 0.2) is 36.5 Å². The summed E-state index contributed by atoms with van der Waals surface area (Å²) in [6, 6.07) is 9.03. The second-order valence-electron chi connectivity index (χ2n) is 6.57. The molecule has 0 unspecified atom stereocenters. The monoisotopic (exact) mass is 344 g/mol. The standard InChI is InChI=1S/C18H20N2O5/c1-18(2,3)25-17(24)20(11-16(22)23)10-15(21)14-8-12-6-4-5-7-13(12)9-19-14/h4-9H,10-11H2,1-3H3,(H,22,23). The Hall–Kier alpha value is -2.96. The molecule has 2 rings (SSSR count). The predicted molar refractivity (Wildman–Crippen MR) is 91.5 cm³/mol. The maximum absolute atomic E-state index is 12.4. The van der Waals surface area contributed by atoms with E-state index in [1.807, 2.05) is 24.3 Å². The van der Waals surface area contributed by atoms with E-state index in [9.17, 15) is 14.4 Å². The number of hydrogen-bond acceptors (Lipinski definition) is 5. The summed E-state index contributed by atoms with van der Waals surface area (Å²) in [6.45, 7) is 3.93. The molecule has 0 aliphatic heterocycles. The highest BCUT2D eigenvalue weighted by Gasteiger charge is 2.26. The van der Waals surface area contributed by atoms with Crippen molar-refractivity contribution >= 4 is 28.6 Å². The lowest BCUT2D eigenvalue weighted by molar-refractivity contribution is -0.138. The van der Waals surface area contributed by atoms with Crippen molar-refractivity contribution in [3.05, 3.63) is 42.2 Å². The molecule has 2 aromatic rings. The number of amides is 1. The van der Waals surface area contributed by atoms with Crippen LogP contribution in [0.1, 0.15) is 31.3 Å². The zero-order valence-corrected chi connectivity index (χ0v) is 14.4. The highest BCUT2D eigenvalue weighted by molar-refractivity contribution is 6.00. The first-order chi connectivity index (χ1) is 11.7. The lowest BCUT2D eigenvalue weighted by atomic mass is 10.1. The van der Waals surface area contributed by atoms with Crippen LogP contribution in [0, 0.1) is 0 Å². The molecule has 0 bridgehead atoms. The lowest BCUT2D eigenvalue weighted by Gasteiger charge is -2.25. The number of nitrogens with zero attached hydrogens (tertiary/aromatic N) is 2. The van der Waals surface area contributed by atoms with E-state index in [-0.39, 0.29) is 5.69 Å². The maximum Gasteiger partial charge on any atom is 0.411 e. The first kappa shape index (κ1) is 18.4. The van der Waals surface area contributed by atoms with Crippen LogP contribution in [0.4, 0.5) is 4.79 Å². The number of carboxylic acids is 1. The van der Waals surface area contributed by atoms with Gasteiger partial charge < -0.3 is 9.84 Å². The Balaban J connectivity index is 2.19. The van der Waals surface area contributed by atoms with Gasteiger partial charge in [0, 0.05) is 11.6 Å². The molecule has 7 nitrogen and oxygen atoms in total. The molecule has 0 aliphatic rings. The number of aromatic nitrogens is 1. The van der Waals surface area contributed by atoms with Crippen LogP contribution in [0.2, 0.25) is 0 Å². The summed E-state index contributed by atoms with van der Waals surface area (Å²) >= 11 is 0. The molecule has 0 radical (unpaired) electrons. The molecule has 0 spiro atoms. The van der Waals surface area contributed by atoms with Crippen molar-refractivity contribution in [3.8, 4) is 0 Å². The van der Waals surface area contributed by atoms with Gasteiger partial charge >= 0.3 is 12.1 Å². The minimum absolute atomic E-state index is 0.164. The van der Waals surface area contributed by atoms with E-state index in [4.69, 9.17) is 9.84 Å². The first-order valence-corrected chi connectivity index (χ1v) is 7.73. The Labute approximate surface area is 145 Å². The number of Topliss-reactive ketones (excluding diaryl/α,β-unsaturated/α-hetero) is 1. The molecule has 1 heterocycles. The van der Waals surface area contributed by atoms with Gasteiger partial charge in [-0.2, -0.15) is 0 Å². The van der Waals surface area contributed by atoms with Crippen LogP contribution in [-0.2, 0) is 9.53 Å². The second kappa shape index (κ2) is 7.29. The minimum Gasteiger partial charge on any atom is -0.480 e. The third-order valence-corrected chi connectivity index (χ3v) is 3.23. The third kappa shape index (κ3) is 5.27. The van der Waals surface area contributed by atoms with Crippen molar-refractivity contribution in [2.24, 2.45) is 0 Å². The Kier molecular flexibility index (Phi) is 5.36. The zero-order valence-electron chi connectivity index (χ0n) is 14.4. The van der Waals surface area contributed by atoms with Gasteiger partial charge in [0.1, 0.15) is 17.8 Å². The fourth-order valence-electron chi connectivity index (χ4n) is 2.17. The third-order valence-electron chi connectivity index (χ3n) is 3.23. The average molecular weight is 344 g/mol. The number of carbonyl (C=O) groups is 3. The van der Waals surface area contributed by atoms with Gasteiger partial charge in [0.25, 0.3) is 0 Å². The molecule has 1 N–H and O–H groups in total. The largest absolute Gasteiger partial charge is 0.480 e. The highest BCUT2D eigenvalue weighted by Crippen LogP contribution is 2.15. The Morgan fingerprint density at radius 2 is 1.76 bits per heavy atom. The van der Waals surface area contributed by atoms with E-state index in [0.29, 0.717) is 0 Å². The van der Waals surface area contributed by atoms with Crippen molar-refractivity contribution in [1.29, 1.82) is 0 Å². The van der Waals surface area contributed by atoms with Crippen LogP contribution < -0.4 is 0 Å². The molecule has 0 saturated heterocycles. The lowest BCUT2D eigenvalue weighted by Crippen LogP contribution is -2.42. The van der Waals surface area contributed by atoms with Gasteiger partial charge in [0.15, 0.2) is 0 Å². The number of benzene rings is 1. The molecule has 1 aromatic heterocycles. The van der Waals surface area contributed by atoms with Crippen LogP contribution in [0.3, 0.4) is 0 Å². The number of carboxylic acid groups (broad SMARTS) is 1. The quantitative estimate of drug-likeness (QED) is 0.838. The van der Waals surface area contributed by atoms with E-state index in [0.717, 1.165) is 15.7 Å². The van der Waals surface area contributed by atoms with Gasteiger partial charge in [-0.1, -0.05) is 24.3 Å². The molecular formula is C18H20N2O5. The minimum atomic E-state index is -1.23. The van der Waals surface area contributed by atoms with Crippen LogP contribution >= 0.6 is 0 Å². The summed E-state index contributed by atoms with van der Waals surface area (Å²) in [6.07, 6.45) is 0.710. The van der Waals surface area contributed by atoms with Crippen molar-refractivity contribution in [3.63, 3.8) is 0 Å². The van der Waals surface area contributed by atoms with Crippen LogP contribution in [0.25, 0.3) is 10.8 Å². The topological polar surface area (TPSA) is 96.8 Å².